The van der Waals surface area contributed by atoms with Gasteiger partial charge in [-0.25, -0.2) is 0 Å². The van der Waals surface area contributed by atoms with Crippen molar-refractivity contribution in [3.8, 4) is 0 Å². The van der Waals surface area contributed by atoms with E-state index in [1.807, 2.05) is 0 Å². The predicted octanol–water partition coefficient (Wildman–Crippen LogP) is 2.44. The van der Waals surface area contributed by atoms with Gasteiger partial charge in [-0.2, -0.15) is 0 Å². The van der Waals surface area contributed by atoms with Crippen molar-refractivity contribution in [3.63, 3.8) is 0 Å². The third-order valence-electron chi connectivity index (χ3n) is 3.88. The minimum atomic E-state index is 0.454. The Morgan fingerprint density at radius 3 is 2.83 bits per heavy atom. The Morgan fingerprint density at radius 1 is 1.33 bits per heavy atom. The summed E-state index contributed by atoms with van der Waals surface area (Å²) in [5.74, 6) is 3.50. The molecule has 2 fully saturated rings. The van der Waals surface area contributed by atoms with E-state index < -0.39 is 0 Å². The molecule has 4 atom stereocenters. The lowest BCUT2D eigenvalue weighted by molar-refractivity contribution is 0.168. The Labute approximate surface area is 75.2 Å². The van der Waals surface area contributed by atoms with Crippen molar-refractivity contribution >= 4 is 0 Å². The third kappa shape index (κ3) is 1.39. The molecule has 0 aromatic heterocycles. The standard InChI is InChI=1S/C11H20O/c1-2-3-4-8-5-9-6-10(9)11(8)7-12/h8-12H,2-7H2,1H3. The summed E-state index contributed by atoms with van der Waals surface area (Å²) in [7, 11) is 0. The number of unbranched alkanes of at least 4 members (excludes halogenated alkanes) is 1. The molecule has 1 heteroatoms. The lowest BCUT2D eigenvalue weighted by Gasteiger charge is -2.19. The molecule has 0 aliphatic heterocycles. The Morgan fingerprint density at radius 2 is 2.17 bits per heavy atom. The smallest absolute Gasteiger partial charge is 0.0464 e. The van der Waals surface area contributed by atoms with Gasteiger partial charge in [0.2, 0.25) is 0 Å². The molecule has 2 saturated carbocycles. The Bertz CT molecular complexity index is 155. The van der Waals surface area contributed by atoms with Crippen LogP contribution in [0.2, 0.25) is 0 Å². The van der Waals surface area contributed by atoms with Crippen LogP contribution in [0.3, 0.4) is 0 Å². The van der Waals surface area contributed by atoms with Gasteiger partial charge in [0, 0.05) is 6.61 Å². The van der Waals surface area contributed by atoms with Crippen molar-refractivity contribution in [2.45, 2.75) is 39.0 Å². The molecule has 12 heavy (non-hydrogen) atoms. The summed E-state index contributed by atoms with van der Waals surface area (Å²) in [5.41, 5.74) is 0. The molecular formula is C11H20O. The molecule has 0 heterocycles. The van der Waals surface area contributed by atoms with Crippen LogP contribution in [0.5, 0.6) is 0 Å². The summed E-state index contributed by atoms with van der Waals surface area (Å²) in [5, 5.41) is 9.23. The van der Waals surface area contributed by atoms with Gasteiger partial charge < -0.3 is 5.11 Å². The van der Waals surface area contributed by atoms with Gasteiger partial charge in [0.05, 0.1) is 0 Å². The van der Waals surface area contributed by atoms with Crippen molar-refractivity contribution in [1.82, 2.24) is 0 Å². The highest BCUT2D eigenvalue weighted by Crippen LogP contribution is 2.58. The zero-order valence-corrected chi connectivity index (χ0v) is 8.00. The van der Waals surface area contributed by atoms with Crippen molar-refractivity contribution in [3.05, 3.63) is 0 Å². The van der Waals surface area contributed by atoms with Gasteiger partial charge in [-0.1, -0.05) is 26.2 Å². The molecule has 2 aliphatic carbocycles. The van der Waals surface area contributed by atoms with Crippen LogP contribution in [0.25, 0.3) is 0 Å². The van der Waals surface area contributed by atoms with Gasteiger partial charge in [-0.05, 0) is 36.5 Å². The second-order valence-electron chi connectivity index (χ2n) is 4.64. The third-order valence-corrected chi connectivity index (χ3v) is 3.88. The normalized spacial score (nSPS) is 44.5. The Balaban J connectivity index is 1.82. The average Bonchev–Trinajstić information content (AvgIpc) is 2.75. The number of aliphatic hydroxyl groups is 1. The van der Waals surface area contributed by atoms with E-state index in [1.165, 1.54) is 32.1 Å². The van der Waals surface area contributed by atoms with Crippen molar-refractivity contribution in [2.24, 2.45) is 23.7 Å². The van der Waals surface area contributed by atoms with Crippen LogP contribution in [0.4, 0.5) is 0 Å². The summed E-state index contributed by atoms with van der Waals surface area (Å²) in [6.45, 7) is 2.71. The largest absolute Gasteiger partial charge is 0.396 e. The van der Waals surface area contributed by atoms with Crippen LogP contribution in [0, 0.1) is 23.7 Å². The lowest BCUT2D eigenvalue weighted by atomic mass is 9.88. The van der Waals surface area contributed by atoms with Gasteiger partial charge in [0.15, 0.2) is 0 Å². The van der Waals surface area contributed by atoms with Crippen molar-refractivity contribution in [2.75, 3.05) is 6.61 Å². The van der Waals surface area contributed by atoms with Crippen LogP contribution in [0.1, 0.15) is 39.0 Å². The van der Waals surface area contributed by atoms with E-state index in [0.717, 1.165) is 17.8 Å². The van der Waals surface area contributed by atoms with E-state index in [9.17, 15) is 5.11 Å². The zero-order valence-electron chi connectivity index (χ0n) is 8.00. The monoisotopic (exact) mass is 168 g/mol. The first-order valence-electron chi connectivity index (χ1n) is 5.47. The molecule has 0 amide bonds. The van der Waals surface area contributed by atoms with E-state index in [0.29, 0.717) is 12.5 Å². The molecule has 4 unspecified atom stereocenters. The van der Waals surface area contributed by atoms with E-state index in [1.54, 1.807) is 0 Å². The molecule has 0 spiro atoms. The van der Waals surface area contributed by atoms with Crippen molar-refractivity contribution < 1.29 is 5.11 Å². The highest BCUT2D eigenvalue weighted by atomic mass is 16.3. The zero-order chi connectivity index (χ0) is 8.55. The number of fused-ring (bicyclic) bond motifs is 1. The highest BCUT2D eigenvalue weighted by molar-refractivity contribution is 5.01. The van der Waals surface area contributed by atoms with E-state index in [-0.39, 0.29) is 0 Å². The maximum Gasteiger partial charge on any atom is 0.0464 e. The molecule has 2 aliphatic rings. The van der Waals surface area contributed by atoms with Gasteiger partial charge in [-0.15, -0.1) is 0 Å². The average molecular weight is 168 g/mol. The highest BCUT2D eigenvalue weighted by Gasteiger charge is 2.52. The van der Waals surface area contributed by atoms with Crippen LogP contribution < -0.4 is 0 Å². The van der Waals surface area contributed by atoms with Gasteiger partial charge in [0.1, 0.15) is 0 Å². The fourth-order valence-corrected chi connectivity index (χ4v) is 3.06. The summed E-state index contributed by atoms with van der Waals surface area (Å²) in [6.07, 6.45) is 6.89. The number of hydrogen-bond acceptors (Lipinski definition) is 1. The molecule has 1 nitrogen and oxygen atoms in total. The molecule has 0 bridgehead atoms. The first-order chi connectivity index (χ1) is 5.86. The fourth-order valence-electron chi connectivity index (χ4n) is 3.06. The molecule has 0 aromatic carbocycles. The topological polar surface area (TPSA) is 20.2 Å². The van der Waals surface area contributed by atoms with E-state index in [4.69, 9.17) is 0 Å². The summed E-state index contributed by atoms with van der Waals surface area (Å²) >= 11 is 0. The molecular weight excluding hydrogens is 148 g/mol. The Hall–Kier alpha value is -0.0400. The van der Waals surface area contributed by atoms with Gasteiger partial charge in [-0.3, -0.25) is 0 Å². The maximum atomic E-state index is 9.23. The second-order valence-corrected chi connectivity index (χ2v) is 4.64. The summed E-state index contributed by atoms with van der Waals surface area (Å²) in [6, 6.07) is 0. The number of rotatable bonds is 4. The summed E-state index contributed by atoms with van der Waals surface area (Å²) < 4.78 is 0. The van der Waals surface area contributed by atoms with Crippen LogP contribution in [-0.4, -0.2) is 11.7 Å². The molecule has 2 rings (SSSR count). The molecule has 70 valence electrons. The minimum Gasteiger partial charge on any atom is -0.396 e. The van der Waals surface area contributed by atoms with Gasteiger partial charge >= 0.3 is 0 Å². The SMILES string of the molecule is CCCCC1CC2CC2C1CO. The second kappa shape index (κ2) is 3.37. The molecule has 1 N–H and O–H groups in total. The fraction of sp³-hybridized carbons (Fsp3) is 1.00. The summed E-state index contributed by atoms with van der Waals surface area (Å²) in [4.78, 5) is 0. The van der Waals surface area contributed by atoms with Crippen LogP contribution in [-0.2, 0) is 0 Å². The maximum absolute atomic E-state index is 9.23. The predicted molar refractivity (Wildman–Crippen MR) is 49.8 cm³/mol. The van der Waals surface area contributed by atoms with Gasteiger partial charge in [0.25, 0.3) is 0 Å². The minimum absolute atomic E-state index is 0.454. The lowest BCUT2D eigenvalue weighted by Crippen LogP contribution is -2.16. The molecule has 0 radical (unpaired) electrons. The number of hydrogen-bond donors (Lipinski definition) is 1. The van der Waals surface area contributed by atoms with Crippen molar-refractivity contribution in [1.29, 1.82) is 0 Å². The first kappa shape index (κ1) is 8.55. The van der Waals surface area contributed by atoms with Crippen LogP contribution >= 0.6 is 0 Å². The first-order valence-corrected chi connectivity index (χ1v) is 5.47. The van der Waals surface area contributed by atoms with E-state index >= 15 is 0 Å². The van der Waals surface area contributed by atoms with Crippen LogP contribution in [0.15, 0.2) is 0 Å². The number of aliphatic hydroxyl groups excluding tert-OH is 1. The Kier molecular flexibility index (Phi) is 2.40. The quantitative estimate of drug-likeness (QED) is 0.683. The van der Waals surface area contributed by atoms with E-state index in [2.05, 4.69) is 6.92 Å². The molecule has 0 saturated heterocycles. The molecule has 0 aromatic rings.